The van der Waals surface area contributed by atoms with Crippen LogP contribution in [0.4, 0.5) is 26.7 Å². The third-order valence-corrected chi connectivity index (χ3v) is 5.07. The van der Waals surface area contributed by atoms with Crippen molar-refractivity contribution in [3.8, 4) is 0 Å². The number of halogens is 5. The molecule has 0 aromatic rings. The molecule has 2 heterocycles. The van der Waals surface area contributed by atoms with Crippen LogP contribution in [0, 0.1) is 5.41 Å². The zero-order valence-electron chi connectivity index (χ0n) is 17.4. The summed E-state index contributed by atoms with van der Waals surface area (Å²) in [6, 6.07) is 0. The monoisotopic (exact) mass is 459 g/mol. The highest BCUT2D eigenvalue weighted by Crippen LogP contribution is 2.46. The third-order valence-electron chi connectivity index (χ3n) is 5.07. The molecular formula is C18H26F5N3O5. The molecule has 2 aliphatic rings. The number of nitrogens with zero attached hydrogens (tertiary/aromatic N) is 2. The van der Waals surface area contributed by atoms with Crippen molar-refractivity contribution in [3.63, 3.8) is 0 Å². The minimum absolute atomic E-state index is 0.306. The number of amidine groups is 1. The van der Waals surface area contributed by atoms with Gasteiger partial charge in [-0.3, -0.25) is 0 Å². The van der Waals surface area contributed by atoms with Gasteiger partial charge in [-0.15, -0.1) is 0 Å². The molecule has 2 aliphatic heterocycles. The Labute approximate surface area is 175 Å². The van der Waals surface area contributed by atoms with Gasteiger partial charge < -0.3 is 24.9 Å². The molecule has 0 bridgehead atoms. The molecule has 1 atom stereocenters. The Morgan fingerprint density at radius 1 is 1.13 bits per heavy atom. The maximum atomic E-state index is 13.9. The van der Waals surface area contributed by atoms with Crippen molar-refractivity contribution >= 4 is 17.9 Å². The number of carbonyl (C=O) groups excluding carboxylic acids is 2. The fourth-order valence-electron chi connectivity index (χ4n) is 3.23. The van der Waals surface area contributed by atoms with Gasteiger partial charge in [0.2, 0.25) is 0 Å². The predicted octanol–water partition coefficient (Wildman–Crippen LogP) is 3.20. The van der Waals surface area contributed by atoms with Crippen molar-refractivity contribution < 1.29 is 45.9 Å². The van der Waals surface area contributed by atoms with E-state index in [-0.39, 0.29) is 19.5 Å². The number of nitrogens with two attached hydrogens (primary N) is 1. The number of oxime groups is 1. The summed E-state index contributed by atoms with van der Waals surface area (Å²) in [5.74, 6) is -5.28. The van der Waals surface area contributed by atoms with E-state index >= 15 is 0 Å². The van der Waals surface area contributed by atoms with Crippen LogP contribution in [0.25, 0.3) is 0 Å². The number of ether oxygens (including phenoxy) is 2. The molecule has 2 saturated heterocycles. The number of rotatable bonds is 3. The lowest BCUT2D eigenvalue weighted by atomic mass is 9.76. The van der Waals surface area contributed by atoms with Crippen LogP contribution in [0.15, 0.2) is 5.16 Å². The summed E-state index contributed by atoms with van der Waals surface area (Å²) in [5, 5.41) is 3.15. The van der Waals surface area contributed by atoms with Crippen LogP contribution in [0.2, 0.25) is 0 Å². The van der Waals surface area contributed by atoms with Gasteiger partial charge in [-0.1, -0.05) is 5.16 Å². The largest absolute Gasteiger partial charge is 0.444 e. The van der Waals surface area contributed by atoms with E-state index < -0.39 is 73.0 Å². The lowest BCUT2D eigenvalue weighted by Crippen LogP contribution is -2.56. The van der Waals surface area contributed by atoms with Gasteiger partial charge >= 0.3 is 18.2 Å². The predicted molar refractivity (Wildman–Crippen MR) is 97.2 cm³/mol. The van der Waals surface area contributed by atoms with E-state index in [0.29, 0.717) is 0 Å². The molecule has 13 heteroatoms. The van der Waals surface area contributed by atoms with Crippen LogP contribution in [0.1, 0.15) is 46.5 Å². The molecule has 8 nitrogen and oxygen atoms in total. The van der Waals surface area contributed by atoms with E-state index in [2.05, 4.69) is 9.99 Å². The van der Waals surface area contributed by atoms with Gasteiger partial charge in [0.15, 0.2) is 11.9 Å². The van der Waals surface area contributed by atoms with Gasteiger partial charge in [0.1, 0.15) is 17.6 Å². The second kappa shape index (κ2) is 8.75. The minimum Gasteiger partial charge on any atom is -0.444 e. The molecule has 0 aromatic heterocycles. The first-order valence-electron chi connectivity index (χ1n) is 9.65. The molecule has 1 amide bonds. The van der Waals surface area contributed by atoms with E-state index in [1.807, 2.05) is 0 Å². The van der Waals surface area contributed by atoms with Gasteiger partial charge in [0.05, 0.1) is 0 Å². The Hall–Kier alpha value is -2.18. The SMILES string of the molecule is CC(C)(C)OC(=O)N1CCC(/C(N)=N/OC(=O)C2CCC(F)(F)CO2)(C(F)(F)F)CC1. The normalized spacial score (nSPS) is 24.5. The first-order valence-corrected chi connectivity index (χ1v) is 9.65. The molecule has 31 heavy (non-hydrogen) atoms. The van der Waals surface area contributed by atoms with Crippen molar-refractivity contribution in [2.24, 2.45) is 16.3 Å². The van der Waals surface area contributed by atoms with Crippen LogP contribution < -0.4 is 5.73 Å². The summed E-state index contributed by atoms with van der Waals surface area (Å²) < 4.78 is 77.6. The average molecular weight is 459 g/mol. The average Bonchev–Trinajstić information content (AvgIpc) is 2.63. The van der Waals surface area contributed by atoms with Gasteiger partial charge in [-0.05, 0) is 40.0 Å². The molecule has 2 rings (SSSR count). The zero-order chi connectivity index (χ0) is 23.7. The molecule has 1 unspecified atom stereocenters. The minimum atomic E-state index is -4.84. The summed E-state index contributed by atoms with van der Waals surface area (Å²) in [5.41, 5.74) is 2.14. The first-order chi connectivity index (χ1) is 14.1. The van der Waals surface area contributed by atoms with E-state index in [4.69, 9.17) is 15.2 Å². The number of amides is 1. The highest BCUT2D eigenvalue weighted by molar-refractivity contribution is 5.88. The highest BCUT2D eigenvalue weighted by Gasteiger charge is 2.59. The first kappa shape index (κ1) is 25.1. The molecule has 0 aromatic carbocycles. The molecule has 0 saturated carbocycles. The Morgan fingerprint density at radius 2 is 1.71 bits per heavy atom. The topological polar surface area (TPSA) is 103 Å². The highest BCUT2D eigenvalue weighted by atomic mass is 19.4. The Morgan fingerprint density at radius 3 is 2.16 bits per heavy atom. The lowest BCUT2D eigenvalue weighted by molar-refractivity contribution is -0.210. The standard InChI is InChI=1S/C18H26F5N3O5/c1-15(2,3)30-14(28)26-8-6-16(7-9-26,18(21,22)23)13(24)25-31-12(27)11-4-5-17(19,20)10-29-11/h11H,4-10H2,1-3H3,(H2,24,25). The van der Waals surface area contributed by atoms with E-state index in [1.165, 1.54) is 0 Å². The summed E-state index contributed by atoms with van der Waals surface area (Å²) in [6.07, 6.45) is -9.18. The molecule has 0 radical (unpaired) electrons. The lowest BCUT2D eigenvalue weighted by Gasteiger charge is -2.41. The summed E-state index contributed by atoms with van der Waals surface area (Å²) in [4.78, 5) is 29.6. The Balaban J connectivity index is 2.05. The summed E-state index contributed by atoms with van der Waals surface area (Å²) in [7, 11) is 0. The second-order valence-corrected chi connectivity index (χ2v) is 8.63. The molecule has 2 fully saturated rings. The second-order valence-electron chi connectivity index (χ2n) is 8.63. The number of likely N-dealkylation sites (tertiary alicyclic amines) is 1. The van der Waals surface area contributed by atoms with Gasteiger partial charge in [-0.25, -0.2) is 18.4 Å². The van der Waals surface area contributed by atoms with Crippen molar-refractivity contribution in [3.05, 3.63) is 0 Å². The van der Waals surface area contributed by atoms with Crippen molar-refractivity contribution in [1.82, 2.24) is 4.90 Å². The molecule has 2 N–H and O–H groups in total. The Kier molecular flexibility index (Phi) is 7.08. The fourth-order valence-corrected chi connectivity index (χ4v) is 3.23. The zero-order valence-corrected chi connectivity index (χ0v) is 17.4. The number of hydrogen-bond donors (Lipinski definition) is 1. The molecular weight excluding hydrogens is 433 g/mol. The van der Waals surface area contributed by atoms with Crippen molar-refractivity contribution in [2.75, 3.05) is 19.7 Å². The van der Waals surface area contributed by atoms with E-state index in [1.54, 1.807) is 20.8 Å². The quantitative estimate of drug-likeness (QED) is 0.229. The van der Waals surface area contributed by atoms with Crippen LogP contribution in [-0.2, 0) is 19.1 Å². The third kappa shape index (κ3) is 6.17. The molecule has 0 aliphatic carbocycles. The van der Waals surface area contributed by atoms with Crippen LogP contribution >= 0.6 is 0 Å². The summed E-state index contributed by atoms with van der Waals surface area (Å²) in [6.45, 7) is 3.28. The van der Waals surface area contributed by atoms with E-state index in [9.17, 15) is 31.5 Å². The number of hydrogen-bond acceptors (Lipinski definition) is 6. The Bertz CT molecular complexity index is 702. The van der Waals surface area contributed by atoms with Gasteiger partial charge in [-0.2, -0.15) is 13.2 Å². The molecule has 178 valence electrons. The van der Waals surface area contributed by atoms with Crippen LogP contribution in [0.3, 0.4) is 0 Å². The van der Waals surface area contributed by atoms with Crippen LogP contribution in [0.5, 0.6) is 0 Å². The maximum Gasteiger partial charge on any atom is 0.410 e. The van der Waals surface area contributed by atoms with Gasteiger partial charge in [0, 0.05) is 19.5 Å². The van der Waals surface area contributed by atoms with Gasteiger partial charge in [0.25, 0.3) is 5.92 Å². The van der Waals surface area contributed by atoms with Crippen LogP contribution in [-0.4, -0.2) is 66.3 Å². The van der Waals surface area contributed by atoms with Crippen molar-refractivity contribution in [2.45, 2.75) is 70.3 Å². The maximum absolute atomic E-state index is 13.9. The van der Waals surface area contributed by atoms with Crippen molar-refractivity contribution in [1.29, 1.82) is 0 Å². The smallest absolute Gasteiger partial charge is 0.410 e. The number of piperidine rings is 1. The van der Waals surface area contributed by atoms with E-state index in [0.717, 1.165) is 4.90 Å². The summed E-state index contributed by atoms with van der Waals surface area (Å²) >= 11 is 0. The number of carbonyl (C=O) groups is 2. The number of alkyl halides is 5. The fraction of sp³-hybridized carbons (Fsp3) is 0.833. The molecule has 0 spiro atoms.